The average Bonchev–Trinajstić information content (AvgIpc) is 2.49. The number of benzene rings is 2. The summed E-state index contributed by atoms with van der Waals surface area (Å²) < 4.78 is 43.2. The van der Waals surface area contributed by atoms with Gasteiger partial charge in [0.05, 0.1) is 16.6 Å². The van der Waals surface area contributed by atoms with Gasteiger partial charge >= 0.3 is 0 Å². The van der Waals surface area contributed by atoms with Crippen LogP contribution in [0.1, 0.15) is 18.6 Å². The number of ether oxygens (including phenoxy) is 1. The summed E-state index contributed by atoms with van der Waals surface area (Å²) in [5.74, 6) is -0.357. The van der Waals surface area contributed by atoms with Gasteiger partial charge in [0.2, 0.25) is 0 Å². The van der Waals surface area contributed by atoms with Gasteiger partial charge in [0, 0.05) is 18.9 Å². The van der Waals surface area contributed by atoms with Crippen molar-refractivity contribution >= 4 is 15.5 Å². The molecule has 0 unspecified atom stereocenters. The monoisotopic (exact) mass is 337 g/mol. The van der Waals surface area contributed by atoms with E-state index in [0.29, 0.717) is 11.3 Å². The molecular formula is C17H20FNO3S. The molecule has 0 saturated carbocycles. The van der Waals surface area contributed by atoms with Gasteiger partial charge < -0.3 is 10.1 Å². The Morgan fingerprint density at radius 2 is 1.70 bits per heavy atom. The number of hydrogen-bond donors (Lipinski definition) is 1. The Kier molecular flexibility index (Phi) is 5.38. The Bertz CT molecular complexity index is 777. The van der Waals surface area contributed by atoms with E-state index in [2.05, 4.69) is 5.32 Å². The molecular weight excluding hydrogens is 317 g/mol. The Labute approximate surface area is 136 Å². The number of nitrogens with one attached hydrogen (secondary N) is 1. The van der Waals surface area contributed by atoms with Crippen LogP contribution in [0.15, 0.2) is 53.4 Å². The van der Waals surface area contributed by atoms with Crippen LogP contribution in [0.5, 0.6) is 0 Å². The average molecular weight is 337 g/mol. The van der Waals surface area contributed by atoms with Crippen molar-refractivity contribution in [2.45, 2.75) is 24.0 Å². The first-order chi connectivity index (χ1) is 10.8. The molecule has 2 rings (SSSR count). The summed E-state index contributed by atoms with van der Waals surface area (Å²) in [6.07, 6.45) is 0.604. The Hall–Kier alpha value is -1.92. The van der Waals surface area contributed by atoms with E-state index in [4.69, 9.17) is 4.74 Å². The fourth-order valence-corrected chi connectivity index (χ4v) is 3.39. The highest BCUT2D eigenvalue weighted by Crippen LogP contribution is 2.28. The van der Waals surface area contributed by atoms with Gasteiger partial charge in [-0.15, -0.1) is 0 Å². The lowest BCUT2D eigenvalue weighted by atomic mass is 10.0. The van der Waals surface area contributed by atoms with Crippen molar-refractivity contribution in [3.05, 3.63) is 59.9 Å². The fourth-order valence-electron chi connectivity index (χ4n) is 2.54. The molecule has 2 atom stereocenters. The van der Waals surface area contributed by atoms with E-state index in [0.717, 1.165) is 6.26 Å². The van der Waals surface area contributed by atoms with Crippen LogP contribution in [-0.4, -0.2) is 27.8 Å². The van der Waals surface area contributed by atoms with Crippen molar-refractivity contribution < 1.29 is 17.5 Å². The number of sulfone groups is 1. The minimum Gasteiger partial charge on any atom is -0.379 e. The zero-order valence-corrected chi connectivity index (χ0v) is 14.1. The summed E-state index contributed by atoms with van der Waals surface area (Å²) in [6.45, 7) is 1.82. The topological polar surface area (TPSA) is 55.4 Å². The van der Waals surface area contributed by atoms with Crippen molar-refractivity contribution in [2.75, 3.05) is 18.7 Å². The number of para-hydroxylation sites is 1. The number of rotatable bonds is 6. The highest BCUT2D eigenvalue weighted by Gasteiger charge is 2.23. The summed E-state index contributed by atoms with van der Waals surface area (Å²) in [5.41, 5.74) is 0.896. The van der Waals surface area contributed by atoms with Crippen molar-refractivity contribution in [1.29, 1.82) is 0 Å². The van der Waals surface area contributed by atoms with Crippen molar-refractivity contribution in [3.63, 3.8) is 0 Å². The molecule has 0 heterocycles. The van der Waals surface area contributed by atoms with Gasteiger partial charge in [0.1, 0.15) is 11.9 Å². The van der Waals surface area contributed by atoms with Crippen LogP contribution in [0.3, 0.4) is 0 Å². The van der Waals surface area contributed by atoms with Crippen molar-refractivity contribution in [3.8, 4) is 0 Å². The largest absolute Gasteiger partial charge is 0.379 e. The molecule has 0 bridgehead atoms. The highest BCUT2D eigenvalue weighted by molar-refractivity contribution is 7.90. The van der Waals surface area contributed by atoms with Gasteiger partial charge in [-0.05, 0) is 25.1 Å². The van der Waals surface area contributed by atoms with E-state index in [1.54, 1.807) is 36.4 Å². The summed E-state index contributed by atoms with van der Waals surface area (Å²) >= 11 is 0. The molecule has 4 nitrogen and oxygen atoms in total. The lowest BCUT2D eigenvalue weighted by molar-refractivity contribution is 0.0876. The molecule has 1 N–H and O–H groups in total. The zero-order chi connectivity index (χ0) is 17.0. The fraction of sp³-hybridized carbons (Fsp3) is 0.294. The predicted molar refractivity (Wildman–Crippen MR) is 88.8 cm³/mol. The first kappa shape index (κ1) is 17.4. The molecule has 0 aliphatic carbocycles. The van der Waals surface area contributed by atoms with Gasteiger partial charge in [-0.25, -0.2) is 12.8 Å². The second kappa shape index (κ2) is 7.10. The molecule has 0 aromatic heterocycles. The highest BCUT2D eigenvalue weighted by atomic mass is 32.2. The van der Waals surface area contributed by atoms with E-state index in [-0.39, 0.29) is 16.8 Å². The number of anilines is 1. The minimum absolute atomic E-state index is 0.204. The van der Waals surface area contributed by atoms with E-state index >= 15 is 0 Å². The van der Waals surface area contributed by atoms with Gasteiger partial charge in [-0.3, -0.25) is 0 Å². The van der Waals surface area contributed by atoms with Crippen LogP contribution in [0.4, 0.5) is 10.1 Å². The third kappa shape index (κ3) is 4.09. The maximum atomic E-state index is 14.0. The molecule has 0 aliphatic heterocycles. The molecule has 0 saturated heterocycles. The molecule has 0 amide bonds. The SMILES string of the molecule is CO[C@H](c1ccccc1F)[C@@H](C)Nc1ccccc1S(C)(=O)=O. The van der Waals surface area contributed by atoms with Crippen LogP contribution < -0.4 is 5.32 Å². The minimum atomic E-state index is -3.36. The van der Waals surface area contributed by atoms with Gasteiger partial charge in [0.25, 0.3) is 0 Å². The molecule has 2 aromatic carbocycles. The van der Waals surface area contributed by atoms with Crippen molar-refractivity contribution in [1.82, 2.24) is 0 Å². The quantitative estimate of drug-likeness (QED) is 0.877. The smallest absolute Gasteiger partial charge is 0.177 e. The van der Waals surface area contributed by atoms with E-state index < -0.39 is 15.9 Å². The van der Waals surface area contributed by atoms with Gasteiger partial charge in [-0.1, -0.05) is 30.3 Å². The molecule has 0 spiro atoms. The normalized spacial score (nSPS) is 14.3. The van der Waals surface area contributed by atoms with Crippen LogP contribution in [0.25, 0.3) is 0 Å². The second-order valence-electron chi connectivity index (χ2n) is 5.38. The first-order valence-corrected chi connectivity index (χ1v) is 9.06. The molecule has 124 valence electrons. The van der Waals surface area contributed by atoms with E-state index in [1.807, 2.05) is 6.92 Å². The third-order valence-electron chi connectivity index (χ3n) is 3.59. The Morgan fingerprint density at radius 3 is 2.30 bits per heavy atom. The van der Waals surface area contributed by atoms with Crippen LogP contribution in [0.2, 0.25) is 0 Å². The number of hydrogen-bond acceptors (Lipinski definition) is 4. The lowest BCUT2D eigenvalue weighted by Gasteiger charge is -2.26. The van der Waals surface area contributed by atoms with E-state index in [1.165, 1.54) is 19.2 Å². The molecule has 0 aliphatic rings. The van der Waals surface area contributed by atoms with Gasteiger partial charge in [0.15, 0.2) is 9.84 Å². The van der Waals surface area contributed by atoms with Crippen molar-refractivity contribution in [2.24, 2.45) is 0 Å². The summed E-state index contributed by atoms with van der Waals surface area (Å²) in [4.78, 5) is 0.204. The summed E-state index contributed by atoms with van der Waals surface area (Å²) in [6, 6.07) is 12.7. The standard InChI is InChI=1S/C17H20FNO3S/c1-12(17(22-2)13-8-4-5-9-14(13)18)19-15-10-6-7-11-16(15)23(3,20)21/h4-12,17,19H,1-3H3/t12-,17+/m1/s1. The molecule has 2 aromatic rings. The number of halogens is 1. The summed E-state index contributed by atoms with van der Waals surface area (Å²) in [7, 11) is -1.86. The Balaban J connectivity index is 2.32. The first-order valence-electron chi connectivity index (χ1n) is 7.17. The second-order valence-corrected chi connectivity index (χ2v) is 7.36. The zero-order valence-electron chi connectivity index (χ0n) is 13.3. The molecule has 23 heavy (non-hydrogen) atoms. The van der Waals surface area contributed by atoms with E-state index in [9.17, 15) is 12.8 Å². The molecule has 0 fully saturated rings. The van der Waals surface area contributed by atoms with Gasteiger partial charge in [-0.2, -0.15) is 0 Å². The summed E-state index contributed by atoms with van der Waals surface area (Å²) in [5, 5.41) is 3.12. The molecule has 6 heteroatoms. The Morgan fingerprint density at radius 1 is 1.09 bits per heavy atom. The maximum absolute atomic E-state index is 14.0. The maximum Gasteiger partial charge on any atom is 0.177 e. The third-order valence-corrected chi connectivity index (χ3v) is 4.74. The predicted octanol–water partition coefficient (Wildman–Crippen LogP) is 3.42. The van der Waals surface area contributed by atoms with Crippen LogP contribution in [0, 0.1) is 5.82 Å². The lowest BCUT2D eigenvalue weighted by Crippen LogP contribution is -2.27. The van der Waals surface area contributed by atoms with Crippen LogP contribution >= 0.6 is 0 Å². The van der Waals surface area contributed by atoms with Crippen LogP contribution in [-0.2, 0) is 14.6 Å². The number of methoxy groups -OCH3 is 1. The molecule has 0 radical (unpaired) electrons.